The van der Waals surface area contributed by atoms with Gasteiger partial charge in [0.25, 0.3) is 0 Å². The smallest absolute Gasteiger partial charge is 0.326 e. The minimum atomic E-state index is -1.35. The van der Waals surface area contributed by atoms with Crippen molar-refractivity contribution in [3.05, 3.63) is 35.9 Å². The molecule has 4 amide bonds. The number of carbonyl (C=O) groups is 5. The van der Waals surface area contributed by atoms with Crippen molar-refractivity contribution in [3.8, 4) is 0 Å². The monoisotopic (exact) mass is 421 g/mol. The van der Waals surface area contributed by atoms with E-state index >= 15 is 0 Å². The molecule has 3 unspecified atom stereocenters. The maximum absolute atomic E-state index is 12.7. The molecule has 0 spiro atoms. The molecule has 164 valence electrons. The van der Waals surface area contributed by atoms with Crippen molar-refractivity contribution in [1.29, 1.82) is 0 Å². The molecule has 0 aliphatic rings. The highest BCUT2D eigenvalue weighted by molar-refractivity contribution is 5.92. The number of carbonyl (C=O) groups excluding carboxylic acids is 4. The van der Waals surface area contributed by atoms with E-state index < -0.39 is 54.3 Å². The minimum Gasteiger partial charge on any atom is -0.480 e. The van der Waals surface area contributed by atoms with Crippen LogP contribution < -0.4 is 27.4 Å². The van der Waals surface area contributed by atoms with Gasteiger partial charge in [-0.15, -0.1) is 0 Å². The number of nitrogens with two attached hydrogens (primary N) is 2. The summed E-state index contributed by atoms with van der Waals surface area (Å²) in [6.45, 7) is 1.06. The van der Waals surface area contributed by atoms with E-state index in [4.69, 9.17) is 11.5 Å². The molecule has 0 aliphatic carbocycles. The van der Waals surface area contributed by atoms with Gasteiger partial charge in [-0.25, -0.2) is 4.79 Å². The standard InChI is InChI=1S/C19H27N5O6/c1-11(20)17(27)22-10-16(26)23-14(9-12-5-3-2-4-6-12)18(28)24-13(19(29)30)7-8-15(21)25/h2-6,11,13-14H,7-10,20H2,1H3,(H2,21,25)(H,22,27)(H,23,26)(H,24,28)(H,29,30). The number of hydrogen-bond acceptors (Lipinski definition) is 6. The lowest BCUT2D eigenvalue weighted by Crippen LogP contribution is -2.54. The third-order valence-electron chi connectivity index (χ3n) is 4.07. The van der Waals surface area contributed by atoms with Crippen molar-refractivity contribution in [2.24, 2.45) is 11.5 Å². The van der Waals surface area contributed by atoms with E-state index in [0.717, 1.165) is 5.56 Å². The van der Waals surface area contributed by atoms with E-state index in [2.05, 4.69) is 16.0 Å². The van der Waals surface area contributed by atoms with Crippen molar-refractivity contribution in [3.63, 3.8) is 0 Å². The van der Waals surface area contributed by atoms with Crippen molar-refractivity contribution in [2.75, 3.05) is 6.54 Å². The molecule has 0 bridgehead atoms. The van der Waals surface area contributed by atoms with Crippen molar-refractivity contribution < 1.29 is 29.1 Å². The van der Waals surface area contributed by atoms with Crippen molar-refractivity contribution in [2.45, 2.75) is 44.3 Å². The minimum absolute atomic E-state index is 0.0851. The summed E-state index contributed by atoms with van der Waals surface area (Å²) in [5, 5.41) is 16.4. The van der Waals surface area contributed by atoms with Crippen LogP contribution in [0.5, 0.6) is 0 Å². The molecule has 8 N–H and O–H groups in total. The van der Waals surface area contributed by atoms with Crippen LogP contribution in [0.15, 0.2) is 30.3 Å². The maximum Gasteiger partial charge on any atom is 0.326 e. The van der Waals surface area contributed by atoms with Gasteiger partial charge in [0, 0.05) is 12.8 Å². The van der Waals surface area contributed by atoms with Crippen molar-refractivity contribution in [1.82, 2.24) is 16.0 Å². The second-order valence-corrected chi connectivity index (χ2v) is 6.72. The summed E-state index contributed by atoms with van der Waals surface area (Å²) >= 11 is 0. The molecule has 11 heteroatoms. The summed E-state index contributed by atoms with van der Waals surface area (Å²) in [4.78, 5) is 58.7. The molecule has 0 aromatic heterocycles. The number of amides is 4. The number of primary amides is 1. The maximum atomic E-state index is 12.7. The number of benzene rings is 1. The molecule has 0 heterocycles. The Balaban J connectivity index is 2.86. The number of carboxylic acid groups (broad SMARTS) is 1. The largest absolute Gasteiger partial charge is 0.480 e. The second-order valence-electron chi connectivity index (χ2n) is 6.72. The summed E-state index contributed by atoms with van der Waals surface area (Å²) in [7, 11) is 0. The summed E-state index contributed by atoms with van der Waals surface area (Å²) in [5.41, 5.74) is 11.2. The fourth-order valence-corrected chi connectivity index (χ4v) is 2.45. The Hall–Kier alpha value is -3.47. The van der Waals surface area contributed by atoms with Gasteiger partial charge in [-0.3, -0.25) is 19.2 Å². The van der Waals surface area contributed by atoms with Crippen LogP contribution in [0, 0.1) is 0 Å². The van der Waals surface area contributed by atoms with Gasteiger partial charge >= 0.3 is 5.97 Å². The number of carboxylic acids is 1. The molecule has 3 atom stereocenters. The Morgan fingerprint density at radius 1 is 1.00 bits per heavy atom. The molecular weight excluding hydrogens is 394 g/mol. The average molecular weight is 421 g/mol. The Bertz CT molecular complexity index is 768. The van der Waals surface area contributed by atoms with Gasteiger partial charge in [0.15, 0.2) is 0 Å². The predicted molar refractivity (Wildman–Crippen MR) is 107 cm³/mol. The predicted octanol–water partition coefficient (Wildman–Crippen LogP) is -1.99. The average Bonchev–Trinajstić information content (AvgIpc) is 2.68. The Morgan fingerprint density at radius 3 is 2.17 bits per heavy atom. The van der Waals surface area contributed by atoms with Crippen LogP contribution in [-0.2, 0) is 30.4 Å². The zero-order valence-electron chi connectivity index (χ0n) is 16.6. The molecular formula is C19H27N5O6. The van der Waals surface area contributed by atoms with E-state index in [1.807, 2.05) is 0 Å². The van der Waals surface area contributed by atoms with Crippen LogP contribution in [0.4, 0.5) is 0 Å². The van der Waals surface area contributed by atoms with Gasteiger partial charge in [-0.1, -0.05) is 30.3 Å². The SMILES string of the molecule is CC(N)C(=O)NCC(=O)NC(Cc1ccccc1)C(=O)NC(CCC(N)=O)C(=O)O. The van der Waals surface area contributed by atoms with E-state index in [1.54, 1.807) is 30.3 Å². The summed E-state index contributed by atoms with van der Waals surface area (Å²) in [5.74, 6) is -3.97. The van der Waals surface area contributed by atoms with E-state index in [-0.39, 0.29) is 19.3 Å². The summed E-state index contributed by atoms with van der Waals surface area (Å²) < 4.78 is 0. The highest BCUT2D eigenvalue weighted by Crippen LogP contribution is 2.05. The van der Waals surface area contributed by atoms with Crippen LogP contribution in [0.3, 0.4) is 0 Å². The zero-order valence-corrected chi connectivity index (χ0v) is 16.6. The molecule has 1 rings (SSSR count). The van der Waals surface area contributed by atoms with E-state index in [1.165, 1.54) is 6.92 Å². The Labute approximate surface area is 173 Å². The molecule has 0 saturated carbocycles. The van der Waals surface area contributed by atoms with Crippen molar-refractivity contribution >= 4 is 29.6 Å². The topological polar surface area (TPSA) is 194 Å². The van der Waals surface area contributed by atoms with Crippen LogP contribution >= 0.6 is 0 Å². The lowest BCUT2D eigenvalue weighted by atomic mass is 10.0. The Morgan fingerprint density at radius 2 is 1.63 bits per heavy atom. The lowest BCUT2D eigenvalue weighted by molar-refractivity contribution is -0.142. The third kappa shape index (κ3) is 9.15. The van der Waals surface area contributed by atoms with Gasteiger partial charge in [-0.05, 0) is 18.9 Å². The fraction of sp³-hybridized carbons (Fsp3) is 0.421. The Kier molecular flexibility index (Phi) is 9.97. The molecule has 0 radical (unpaired) electrons. The highest BCUT2D eigenvalue weighted by atomic mass is 16.4. The van der Waals surface area contributed by atoms with E-state index in [9.17, 15) is 29.1 Å². The fourth-order valence-electron chi connectivity index (χ4n) is 2.45. The molecule has 0 fully saturated rings. The molecule has 0 aliphatic heterocycles. The molecule has 0 saturated heterocycles. The third-order valence-corrected chi connectivity index (χ3v) is 4.07. The zero-order chi connectivity index (χ0) is 22.7. The molecule has 30 heavy (non-hydrogen) atoms. The number of hydrogen-bond donors (Lipinski definition) is 6. The summed E-state index contributed by atoms with van der Waals surface area (Å²) in [6, 6.07) is 5.51. The van der Waals surface area contributed by atoms with Crippen LogP contribution in [0.25, 0.3) is 0 Å². The molecule has 1 aromatic rings. The first-order chi connectivity index (χ1) is 14.1. The van der Waals surface area contributed by atoms with E-state index in [0.29, 0.717) is 0 Å². The number of aliphatic carboxylic acids is 1. The van der Waals surface area contributed by atoms with Gasteiger partial charge in [0.1, 0.15) is 12.1 Å². The van der Waals surface area contributed by atoms with Gasteiger partial charge < -0.3 is 32.5 Å². The lowest BCUT2D eigenvalue weighted by Gasteiger charge is -2.22. The molecule has 1 aromatic carbocycles. The van der Waals surface area contributed by atoms with Crippen LogP contribution in [0.1, 0.15) is 25.3 Å². The first-order valence-corrected chi connectivity index (χ1v) is 9.28. The molecule has 11 nitrogen and oxygen atoms in total. The summed E-state index contributed by atoms with van der Waals surface area (Å²) in [6.07, 6.45) is -0.328. The van der Waals surface area contributed by atoms with Crippen LogP contribution in [0.2, 0.25) is 0 Å². The highest BCUT2D eigenvalue weighted by Gasteiger charge is 2.27. The first-order valence-electron chi connectivity index (χ1n) is 9.28. The number of nitrogens with one attached hydrogen (secondary N) is 3. The quantitative estimate of drug-likeness (QED) is 0.225. The van der Waals surface area contributed by atoms with Gasteiger partial charge in [0.2, 0.25) is 23.6 Å². The second kappa shape index (κ2) is 12.2. The normalized spacial score (nSPS) is 13.4. The van der Waals surface area contributed by atoms with Crippen LogP contribution in [-0.4, -0.2) is 59.4 Å². The van der Waals surface area contributed by atoms with Gasteiger partial charge in [0.05, 0.1) is 12.6 Å². The van der Waals surface area contributed by atoms with Gasteiger partial charge in [-0.2, -0.15) is 0 Å². The number of rotatable bonds is 12. The first kappa shape index (κ1) is 24.6.